The number of allylic oxidation sites excluding steroid dienone is 2. The summed E-state index contributed by atoms with van der Waals surface area (Å²) in [6, 6.07) is -0.695. The number of unbranched alkanes of at least 4 members (excludes halogenated alkanes) is 33. The van der Waals surface area contributed by atoms with Gasteiger partial charge in [0.25, 0.3) is 0 Å². The van der Waals surface area contributed by atoms with E-state index in [1.54, 1.807) is 0 Å². The molecule has 0 aliphatic heterocycles. The first-order valence-electron chi connectivity index (χ1n) is 25.9. The van der Waals surface area contributed by atoms with Gasteiger partial charge in [-0.25, -0.2) is 0 Å². The second-order valence-corrected chi connectivity index (χ2v) is 17.9. The predicted molar refractivity (Wildman–Crippen MR) is 250 cm³/mol. The standard InChI is InChI=1S/C52H101NO5/c1-4-7-10-13-16-19-22-24-25-26-27-30-33-36-39-42-45-52(57)58-48(43-40-37-34-31-28-21-18-15-12-9-6-3)46-51(56)53-49(47-54)50(55)44-41-38-35-32-29-23-20-17-14-11-8-5-2/h25-26,48-50,54-55H,4-24,27-47H2,1-3H3,(H,53,56)/b26-25+. The van der Waals surface area contributed by atoms with E-state index in [4.69, 9.17) is 4.74 Å². The number of aliphatic hydroxyl groups is 2. The van der Waals surface area contributed by atoms with Crippen molar-refractivity contribution >= 4 is 11.9 Å². The molecule has 0 spiro atoms. The molecule has 3 unspecified atom stereocenters. The van der Waals surface area contributed by atoms with Crippen LogP contribution in [0.2, 0.25) is 0 Å². The second-order valence-electron chi connectivity index (χ2n) is 17.9. The van der Waals surface area contributed by atoms with E-state index in [1.165, 1.54) is 186 Å². The molecule has 0 heterocycles. The van der Waals surface area contributed by atoms with Crippen LogP contribution in [-0.2, 0) is 14.3 Å². The first kappa shape index (κ1) is 56.6. The Hall–Kier alpha value is -1.40. The molecule has 0 aliphatic rings. The van der Waals surface area contributed by atoms with Gasteiger partial charge < -0.3 is 20.3 Å². The van der Waals surface area contributed by atoms with Gasteiger partial charge in [0, 0.05) is 6.42 Å². The molecule has 3 atom stereocenters. The average Bonchev–Trinajstić information content (AvgIpc) is 3.22. The molecule has 0 saturated heterocycles. The number of hydrogen-bond acceptors (Lipinski definition) is 5. The van der Waals surface area contributed by atoms with Crippen LogP contribution < -0.4 is 5.32 Å². The zero-order valence-electron chi connectivity index (χ0n) is 39.2. The average molecular weight is 820 g/mol. The topological polar surface area (TPSA) is 95.9 Å². The molecule has 6 heteroatoms. The normalized spacial score (nSPS) is 13.3. The van der Waals surface area contributed by atoms with Crippen molar-refractivity contribution in [3.05, 3.63) is 12.2 Å². The van der Waals surface area contributed by atoms with Gasteiger partial charge in [0.15, 0.2) is 0 Å². The fourth-order valence-electron chi connectivity index (χ4n) is 8.13. The molecule has 58 heavy (non-hydrogen) atoms. The molecule has 6 nitrogen and oxygen atoms in total. The monoisotopic (exact) mass is 820 g/mol. The van der Waals surface area contributed by atoms with Gasteiger partial charge in [0.05, 0.1) is 25.2 Å². The summed E-state index contributed by atoms with van der Waals surface area (Å²) < 4.78 is 5.93. The van der Waals surface area contributed by atoms with Gasteiger partial charge in [0.2, 0.25) is 5.91 Å². The lowest BCUT2D eigenvalue weighted by atomic mass is 10.0. The molecular weight excluding hydrogens is 719 g/mol. The summed E-state index contributed by atoms with van der Waals surface area (Å²) >= 11 is 0. The van der Waals surface area contributed by atoms with Crippen LogP contribution in [-0.4, -0.2) is 46.9 Å². The number of hydrogen-bond donors (Lipinski definition) is 3. The minimum Gasteiger partial charge on any atom is -0.462 e. The number of rotatable bonds is 47. The zero-order valence-corrected chi connectivity index (χ0v) is 39.2. The minimum absolute atomic E-state index is 0.0812. The number of ether oxygens (including phenoxy) is 1. The maximum Gasteiger partial charge on any atom is 0.306 e. The Bertz CT molecular complexity index is 878. The fourth-order valence-corrected chi connectivity index (χ4v) is 8.13. The van der Waals surface area contributed by atoms with E-state index in [-0.39, 0.29) is 24.9 Å². The molecule has 0 rings (SSSR count). The summed E-state index contributed by atoms with van der Waals surface area (Å²) in [5.41, 5.74) is 0. The highest BCUT2D eigenvalue weighted by Gasteiger charge is 2.24. The van der Waals surface area contributed by atoms with E-state index in [0.717, 1.165) is 51.4 Å². The lowest BCUT2D eigenvalue weighted by Crippen LogP contribution is -2.46. The molecule has 3 N–H and O–H groups in total. The lowest BCUT2D eigenvalue weighted by Gasteiger charge is -2.24. The van der Waals surface area contributed by atoms with Crippen LogP contribution in [0.1, 0.15) is 284 Å². The third-order valence-electron chi connectivity index (χ3n) is 12.1. The lowest BCUT2D eigenvalue weighted by molar-refractivity contribution is -0.151. The van der Waals surface area contributed by atoms with Crippen LogP contribution in [0.5, 0.6) is 0 Å². The predicted octanol–water partition coefficient (Wildman–Crippen LogP) is 15.3. The van der Waals surface area contributed by atoms with Crippen LogP contribution in [0.4, 0.5) is 0 Å². The fraction of sp³-hybridized carbons (Fsp3) is 0.923. The summed E-state index contributed by atoms with van der Waals surface area (Å²) in [7, 11) is 0. The van der Waals surface area contributed by atoms with Crippen molar-refractivity contribution in [2.24, 2.45) is 0 Å². The molecule has 0 radical (unpaired) electrons. The van der Waals surface area contributed by atoms with Gasteiger partial charge in [-0.1, -0.05) is 232 Å². The quantitative estimate of drug-likeness (QED) is 0.0323. The Kier molecular flexibility index (Phi) is 45.5. The van der Waals surface area contributed by atoms with E-state index < -0.39 is 18.2 Å². The van der Waals surface area contributed by atoms with Crippen LogP contribution in [0.25, 0.3) is 0 Å². The van der Waals surface area contributed by atoms with E-state index in [9.17, 15) is 19.8 Å². The molecular formula is C52H101NO5. The van der Waals surface area contributed by atoms with Crippen LogP contribution >= 0.6 is 0 Å². The van der Waals surface area contributed by atoms with E-state index in [1.807, 2.05) is 0 Å². The van der Waals surface area contributed by atoms with Crippen LogP contribution in [0, 0.1) is 0 Å². The van der Waals surface area contributed by atoms with Crippen molar-refractivity contribution in [2.45, 2.75) is 302 Å². The van der Waals surface area contributed by atoms with Crippen LogP contribution in [0.3, 0.4) is 0 Å². The van der Waals surface area contributed by atoms with E-state index in [2.05, 4.69) is 38.2 Å². The zero-order chi connectivity index (χ0) is 42.4. The minimum atomic E-state index is -0.782. The van der Waals surface area contributed by atoms with Gasteiger partial charge in [-0.05, 0) is 51.4 Å². The highest BCUT2D eigenvalue weighted by atomic mass is 16.5. The van der Waals surface area contributed by atoms with Crippen molar-refractivity contribution in [3.63, 3.8) is 0 Å². The number of aliphatic hydroxyl groups excluding tert-OH is 2. The highest BCUT2D eigenvalue weighted by molar-refractivity contribution is 5.77. The molecule has 0 aromatic carbocycles. The van der Waals surface area contributed by atoms with Gasteiger partial charge in [-0.2, -0.15) is 0 Å². The maximum atomic E-state index is 13.2. The SMILES string of the molecule is CCCCCCCCC/C=C/CCCCCCCC(=O)OC(CCCCCCCCCCCCC)CC(=O)NC(CO)C(O)CCCCCCCCCCCCCC. The molecule has 0 aromatic heterocycles. The van der Waals surface area contributed by atoms with Gasteiger partial charge >= 0.3 is 5.97 Å². The molecule has 1 amide bonds. The summed E-state index contributed by atoms with van der Waals surface area (Å²) in [4.78, 5) is 26.1. The Labute approximate surface area is 361 Å². The third-order valence-corrected chi connectivity index (χ3v) is 12.1. The Morgan fingerprint density at radius 2 is 0.828 bits per heavy atom. The summed E-state index contributed by atoms with van der Waals surface area (Å²) in [6.07, 6.45) is 51.3. The number of carbonyl (C=O) groups excluding carboxylic acids is 2. The highest BCUT2D eigenvalue weighted by Crippen LogP contribution is 2.18. The Morgan fingerprint density at radius 3 is 1.22 bits per heavy atom. The molecule has 0 aliphatic carbocycles. The molecule has 0 bridgehead atoms. The number of nitrogens with one attached hydrogen (secondary N) is 1. The second kappa shape index (κ2) is 46.7. The van der Waals surface area contributed by atoms with Crippen molar-refractivity contribution in [2.75, 3.05) is 6.61 Å². The van der Waals surface area contributed by atoms with Crippen LogP contribution in [0.15, 0.2) is 12.2 Å². The number of amides is 1. The first-order chi connectivity index (χ1) is 28.5. The molecule has 0 fully saturated rings. The van der Waals surface area contributed by atoms with Gasteiger partial charge in [-0.15, -0.1) is 0 Å². The van der Waals surface area contributed by atoms with Crippen molar-refractivity contribution in [3.8, 4) is 0 Å². The van der Waals surface area contributed by atoms with Crippen molar-refractivity contribution < 1.29 is 24.5 Å². The van der Waals surface area contributed by atoms with E-state index in [0.29, 0.717) is 19.3 Å². The largest absolute Gasteiger partial charge is 0.462 e. The van der Waals surface area contributed by atoms with Gasteiger partial charge in [0.1, 0.15) is 6.10 Å². The summed E-state index contributed by atoms with van der Waals surface area (Å²) in [5, 5.41) is 23.7. The summed E-state index contributed by atoms with van der Waals surface area (Å²) in [5.74, 6) is -0.468. The van der Waals surface area contributed by atoms with Crippen molar-refractivity contribution in [1.29, 1.82) is 0 Å². The van der Waals surface area contributed by atoms with Crippen molar-refractivity contribution in [1.82, 2.24) is 5.32 Å². The van der Waals surface area contributed by atoms with E-state index >= 15 is 0 Å². The Morgan fingerprint density at radius 1 is 0.483 bits per heavy atom. The Balaban J connectivity index is 4.50. The van der Waals surface area contributed by atoms with Gasteiger partial charge in [-0.3, -0.25) is 9.59 Å². The first-order valence-corrected chi connectivity index (χ1v) is 25.9. The molecule has 0 aromatic rings. The number of esters is 1. The molecule has 0 saturated carbocycles. The number of carbonyl (C=O) groups is 2. The smallest absolute Gasteiger partial charge is 0.306 e. The third kappa shape index (κ3) is 41.3. The maximum absolute atomic E-state index is 13.2. The summed E-state index contributed by atoms with van der Waals surface area (Å²) in [6.45, 7) is 6.49. The molecule has 344 valence electrons.